The van der Waals surface area contributed by atoms with Gasteiger partial charge in [0.05, 0.1) is 19.8 Å². The van der Waals surface area contributed by atoms with Gasteiger partial charge in [0.2, 0.25) is 0 Å². The van der Waals surface area contributed by atoms with E-state index in [0.717, 1.165) is 17.0 Å². The van der Waals surface area contributed by atoms with Crippen molar-refractivity contribution >= 4 is 11.6 Å². The summed E-state index contributed by atoms with van der Waals surface area (Å²) in [6.07, 6.45) is 5.37. The zero-order chi connectivity index (χ0) is 19.6. The molecule has 0 aromatic heterocycles. The van der Waals surface area contributed by atoms with Crippen molar-refractivity contribution in [3.8, 4) is 29.6 Å². The predicted molar refractivity (Wildman–Crippen MR) is 108 cm³/mol. The summed E-state index contributed by atoms with van der Waals surface area (Å²) in [5.74, 6) is 4.76. The third kappa shape index (κ3) is 6.48. The van der Waals surface area contributed by atoms with Crippen molar-refractivity contribution in [2.45, 2.75) is 26.5 Å². The van der Waals surface area contributed by atoms with Crippen LogP contribution < -0.4 is 25.3 Å². The summed E-state index contributed by atoms with van der Waals surface area (Å²) in [5.41, 5.74) is 7.73. The zero-order valence-corrected chi connectivity index (χ0v) is 15.9. The smallest absolute Gasteiger partial charge is 0.193 e. The van der Waals surface area contributed by atoms with Crippen LogP contribution in [-0.2, 0) is 6.54 Å². The topological polar surface area (TPSA) is 78.1 Å². The Morgan fingerprint density at radius 1 is 1.19 bits per heavy atom. The fourth-order valence-electron chi connectivity index (χ4n) is 2.30. The van der Waals surface area contributed by atoms with Crippen molar-refractivity contribution in [3.05, 3.63) is 48.0 Å². The van der Waals surface area contributed by atoms with Crippen LogP contribution in [0, 0.1) is 12.3 Å². The molecule has 0 bridgehead atoms. The molecule has 0 atom stereocenters. The van der Waals surface area contributed by atoms with Crippen molar-refractivity contribution in [2.75, 3.05) is 19.0 Å². The SMILES string of the molecule is C#CCOc1cc(CN=C(N)Nc2ccc(OC(C)C)cc2)ccc1OC. The Morgan fingerprint density at radius 2 is 1.93 bits per heavy atom. The van der Waals surface area contributed by atoms with E-state index in [1.54, 1.807) is 7.11 Å². The average molecular weight is 367 g/mol. The normalized spacial score (nSPS) is 11.0. The van der Waals surface area contributed by atoms with Crippen LogP contribution in [0.3, 0.4) is 0 Å². The minimum absolute atomic E-state index is 0.134. The third-order valence-corrected chi connectivity index (χ3v) is 3.47. The molecule has 6 nitrogen and oxygen atoms in total. The molecule has 0 aliphatic heterocycles. The molecule has 0 fully saturated rings. The maximum absolute atomic E-state index is 5.97. The number of guanidine groups is 1. The lowest BCUT2D eigenvalue weighted by atomic mass is 10.2. The molecule has 2 aromatic rings. The van der Waals surface area contributed by atoms with E-state index in [1.807, 2.05) is 56.3 Å². The van der Waals surface area contributed by atoms with Crippen molar-refractivity contribution in [2.24, 2.45) is 10.7 Å². The van der Waals surface area contributed by atoms with E-state index in [-0.39, 0.29) is 12.7 Å². The second-order valence-corrected chi connectivity index (χ2v) is 6.00. The molecular formula is C21H25N3O3. The van der Waals surface area contributed by atoms with E-state index in [2.05, 4.69) is 16.2 Å². The molecule has 0 spiro atoms. The quantitative estimate of drug-likeness (QED) is 0.425. The number of ether oxygens (including phenoxy) is 3. The molecule has 0 aliphatic carbocycles. The van der Waals surface area contributed by atoms with Crippen LogP contribution in [0.15, 0.2) is 47.5 Å². The van der Waals surface area contributed by atoms with E-state index in [9.17, 15) is 0 Å². The van der Waals surface area contributed by atoms with Crippen LogP contribution in [-0.4, -0.2) is 25.8 Å². The van der Waals surface area contributed by atoms with Crippen LogP contribution in [0.25, 0.3) is 0 Å². The Balaban J connectivity index is 1.99. The fourth-order valence-corrected chi connectivity index (χ4v) is 2.30. The number of hydrogen-bond acceptors (Lipinski definition) is 4. The summed E-state index contributed by atoms with van der Waals surface area (Å²) in [4.78, 5) is 4.35. The van der Waals surface area contributed by atoms with Gasteiger partial charge in [0.1, 0.15) is 12.4 Å². The molecule has 2 rings (SSSR count). The Labute approximate surface area is 160 Å². The second-order valence-electron chi connectivity index (χ2n) is 6.00. The van der Waals surface area contributed by atoms with Crippen LogP contribution in [0.4, 0.5) is 5.69 Å². The lowest BCUT2D eigenvalue weighted by molar-refractivity contribution is 0.242. The standard InChI is InChI=1S/C21H25N3O3/c1-5-12-26-20-13-16(6-11-19(20)25-4)14-23-21(22)24-17-7-9-18(10-8-17)27-15(2)3/h1,6-11,13,15H,12,14H2,2-4H3,(H3,22,23,24). The van der Waals surface area contributed by atoms with Crippen molar-refractivity contribution in [1.29, 1.82) is 0 Å². The van der Waals surface area contributed by atoms with Gasteiger partial charge in [-0.2, -0.15) is 0 Å². The van der Waals surface area contributed by atoms with Crippen molar-refractivity contribution < 1.29 is 14.2 Å². The highest BCUT2D eigenvalue weighted by molar-refractivity contribution is 5.92. The number of hydrogen-bond donors (Lipinski definition) is 2. The predicted octanol–water partition coefficient (Wildman–Crippen LogP) is 3.42. The molecule has 0 amide bonds. The number of rotatable bonds is 8. The summed E-state index contributed by atoms with van der Waals surface area (Å²) < 4.78 is 16.4. The molecular weight excluding hydrogens is 342 g/mol. The monoisotopic (exact) mass is 367 g/mol. The number of nitrogens with zero attached hydrogens (tertiary/aromatic N) is 1. The van der Waals surface area contributed by atoms with E-state index in [1.165, 1.54) is 0 Å². The van der Waals surface area contributed by atoms with Gasteiger partial charge in [-0.3, -0.25) is 0 Å². The number of anilines is 1. The molecule has 0 saturated heterocycles. The molecule has 0 aliphatic rings. The average Bonchev–Trinajstić information content (AvgIpc) is 2.66. The Kier molecular flexibility index (Phi) is 7.38. The van der Waals surface area contributed by atoms with Gasteiger partial charge in [-0.05, 0) is 55.8 Å². The molecule has 27 heavy (non-hydrogen) atoms. The lowest BCUT2D eigenvalue weighted by Crippen LogP contribution is -2.22. The van der Waals surface area contributed by atoms with Gasteiger partial charge < -0.3 is 25.3 Å². The minimum Gasteiger partial charge on any atom is -0.493 e. The first-order valence-electron chi connectivity index (χ1n) is 8.58. The molecule has 3 N–H and O–H groups in total. The summed E-state index contributed by atoms with van der Waals surface area (Å²) in [6.45, 7) is 4.53. The Morgan fingerprint density at radius 3 is 2.56 bits per heavy atom. The Hall–Kier alpha value is -3.33. The second kappa shape index (κ2) is 9.97. The van der Waals surface area contributed by atoms with Crippen LogP contribution in [0.1, 0.15) is 19.4 Å². The van der Waals surface area contributed by atoms with E-state index < -0.39 is 0 Å². The van der Waals surface area contributed by atoms with Gasteiger partial charge in [-0.1, -0.05) is 12.0 Å². The number of nitrogens with two attached hydrogens (primary N) is 1. The van der Waals surface area contributed by atoms with Gasteiger partial charge >= 0.3 is 0 Å². The molecule has 142 valence electrons. The summed E-state index contributed by atoms with van der Waals surface area (Å²) >= 11 is 0. The minimum atomic E-state index is 0.134. The maximum atomic E-state index is 5.97. The van der Waals surface area contributed by atoms with Crippen molar-refractivity contribution in [3.63, 3.8) is 0 Å². The van der Waals surface area contributed by atoms with Crippen LogP contribution >= 0.6 is 0 Å². The number of nitrogens with one attached hydrogen (secondary N) is 1. The van der Waals surface area contributed by atoms with Gasteiger partial charge in [0, 0.05) is 5.69 Å². The molecule has 6 heteroatoms. The van der Waals surface area contributed by atoms with Crippen LogP contribution in [0.2, 0.25) is 0 Å². The van der Waals surface area contributed by atoms with E-state index in [4.69, 9.17) is 26.4 Å². The highest BCUT2D eigenvalue weighted by Crippen LogP contribution is 2.28. The number of methoxy groups -OCH3 is 1. The highest BCUT2D eigenvalue weighted by atomic mass is 16.5. The largest absolute Gasteiger partial charge is 0.493 e. The number of aliphatic imine (C=N–C) groups is 1. The molecule has 0 radical (unpaired) electrons. The molecule has 0 heterocycles. The summed E-state index contributed by atoms with van der Waals surface area (Å²) in [6, 6.07) is 13.1. The van der Waals surface area contributed by atoms with Gasteiger partial charge in [0.15, 0.2) is 17.5 Å². The first-order valence-corrected chi connectivity index (χ1v) is 8.58. The Bertz CT molecular complexity index is 808. The molecule has 0 saturated carbocycles. The van der Waals surface area contributed by atoms with Crippen LogP contribution in [0.5, 0.6) is 17.2 Å². The van der Waals surface area contributed by atoms with E-state index in [0.29, 0.717) is 24.0 Å². The number of terminal acetylenes is 1. The van der Waals surface area contributed by atoms with Crippen molar-refractivity contribution in [1.82, 2.24) is 0 Å². The van der Waals surface area contributed by atoms with Gasteiger partial charge in [-0.15, -0.1) is 6.42 Å². The summed E-state index contributed by atoms with van der Waals surface area (Å²) in [5, 5.41) is 3.05. The summed E-state index contributed by atoms with van der Waals surface area (Å²) in [7, 11) is 1.58. The van der Waals surface area contributed by atoms with E-state index >= 15 is 0 Å². The van der Waals surface area contributed by atoms with Gasteiger partial charge in [0.25, 0.3) is 0 Å². The fraction of sp³-hybridized carbons (Fsp3) is 0.286. The third-order valence-electron chi connectivity index (χ3n) is 3.47. The first kappa shape index (κ1) is 20.0. The maximum Gasteiger partial charge on any atom is 0.193 e. The number of benzene rings is 2. The molecule has 2 aromatic carbocycles. The first-order chi connectivity index (χ1) is 13.0. The zero-order valence-electron chi connectivity index (χ0n) is 15.9. The molecule has 0 unspecified atom stereocenters. The van der Waals surface area contributed by atoms with Gasteiger partial charge in [-0.25, -0.2) is 4.99 Å². The highest BCUT2D eigenvalue weighted by Gasteiger charge is 2.06. The lowest BCUT2D eigenvalue weighted by Gasteiger charge is -2.11.